The number of ether oxygens (including phenoxy) is 1. The van der Waals surface area contributed by atoms with Crippen molar-refractivity contribution < 1.29 is 9.53 Å². The summed E-state index contributed by atoms with van der Waals surface area (Å²) in [7, 11) is 0. The summed E-state index contributed by atoms with van der Waals surface area (Å²) in [6, 6.07) is 7.19. The zero-order valence-electron chi connectivity index (χ0n) is 10.5. The molecule has 94 valence electrons. The van der Waals surface area contributed by atoms with Gasteiger partial charge in [0.2, 0.25) is 0 Å². The molecular formula is C13H20N2O2. The van der Waals surface area contributed by atoms with Gasteiger partial charge in [-0.05, 0) is 37.1 Å². The van der Waals surface area contributed by atoms with Crippen molar-refractivity contribution in [2.75, 3.05) is 18.5 Å². The van der Waals surface area contributed by atoms with Crippen LogP contribution in [0, 0.1) is 0 Å². The van der Waals surface area contributed by atoms with Gasteiger partial charge in [-0.25, -0.2) is 4.79 Å². The summed E-state index contributed by atoms with van der Waals surface area (Å²) in [5, 5.41) is 5.50. The largest absolute Gasteiger partial charge is 0.494 e. The Hall–Kier alpha value is -1.71. The first-order chi connectivity index (χ1) is 8.26. The standard InChI is InChI=1S/C13H20N2O2/c1-3-9-14-13(16)15-11-5-7-12(8-6-11)17-10-4-2/h5-8H,3-4,9-10H2,1-2H3,(H2,14,15,16). The minimum absolute atomic E-state index is 0.172. The van der Waals surface area contributed by atoms with E-state index in [4.69, 9.17) is 4.74 Å². The normalized spacial score (nSPS) is 9.76. The lowest BCUT2D eigenvalue weighted by atomic mass is 10.3. The molecular weight excluding hydrogens is 216 g/mol. The van der Waals surface area contributed by atoms with Gasteiger partial charge < -0.3 is 15.4 Å². The lowest BCUT2D eigenvalue weighted by molar-refractivity contribution is 0.252. The highest BCUT2D eigenvalue weighted by Crippen LogP contribution is 2.15. The average Bonchev–Trinajstić information content (AvgIpc) is 2.35. The molecule has 0 aliphatic carbocycles. The van der Waals surface area contributed by atoms with Gasteiger partial charge in [-0.2, -0.15) is 0 Å². The Morgan fingerprint density at radius 3 is 2.47 bits per heavy atom. The number of rotatable bonds is 6. The third-order valence-corrected chi connectivity index (χ3v) is 2.12. The minimum Gasteiger partial charge on any atom is -0.494 e. The van der Waals surface area contributed by atoms with E-state index in [1.807, 2.05) is 31.2 Å². The van der Waals surface area contributed by atoms with Gasteiger partial charge >= 0.3 is 6.03 Å². The van der Waals surface area contributed by atoms with E-state index in [-0.39, 0.29) is 6.03 Å². The Bertz CT molecular complexity index is 336. The quantitative estimate of drug-likeness (QED) is 0.797. The van der Waals surface area contributed by atoms with E-state index in [9.17, 15) is 4.79 Å². The molecule has 2 N–H and O–H groups in total. The van der Waals surface area contributed by atoms with Crippen molar-refractivity contribution in [1.82, 2.24) is 5.32 Å². The smallest absolute Gasteiger partial charge is 0.319 e. The molecule has 4 nitrogen and oxygen atoms in total. The Kier molecular flexibility index (Phi) is 5.93. The van der Waals surface area contributed by atoms with Crippen molar-refractivity contribution >= 4 is 11.7 Å². The van der Waals surface area contributed by atoms with Gasteiger partial charge in [-0.3, -0.25) is 0 Å². The van der Waals surface area contributed by atoms with E-state index in [2.05, 4.69) is 17.6 Å². The first kappa shape index (κ1) is 13.4. The van der Waals surface area contributed by atoms with Crippen molar-refractivity contribution in [2.24, 2.45) is 0 Å². The average molecular weight is 236 g/mol. The fourth-order valence-corrected chi connectivity index (χ4v) is 1.27. The summed E-state index contributed by atoms with van der Waals surface area (Å²) >= 11 is 0. The zero-order chi connectivity index (χ0) is 12.5. The number of benzene rings is 1. The molecule has 0 aliphatic rings. The van der Waals surface area contributed by atoms with Crippen LogP contribution in [-0.4, -0.2) is 19.2 Å². The summed E-state index contributed by atoms with van der Waals surface area (Å²) in [6.45, 7) is 5.47. The van der Waals surface area contributed by atoms with Crippen LogP contribution in [0.2, 0.25) is 0 Å². The van der Waals surface area contributed by atoms with Gasteiger partial charge in [-0.15, -0.1) is 0 Å². The number of urea groups is 1. The Labute approximate surface area is 102 Å². The third-order valence-electron chi connectivity index (χ3n) is 2.12. The van der Waals surface area contributed by atoms with Crippen LogP contribution in [0.5, 0.6) is 5.75 Å². The second-order valence-electron chi connectivity index (χ2n) is 3.75. The molecule has 0 fully saturated rings. The molecule has 17 heavy (non-hydrogen) atoms. The molecule has 0 aromatic heterocycles. The molecule has 0 saturated carbocycles. The third kappa shape index (κ3) is 5.24. The highest BCUT2D eigenvalue weighted by atomic mass is 16.5. The summed E-state index contributed by atoms with van der Waals surface area (Å²) in [5.41, 5.74) is 0.766. The number of amides is 2. The summed E-state index contributed by atoms with van der Waals surface area (Å²) in [6.07, 6.45) is 1.91. The van der Waals surface area contributed by atoms with Crippen LogP contribution in [-0.2, 0) is 0 Å². The Morgan fingerprint density at radius 1 is 1.18 bits per heavy atom. The molecule has 1 aromatic rings. The van der Waals surface area contributed by atoms with E-state index in [1.54, 1.807) is 0 Å². The van der Waals surface area contributed by atoms with Crippen LogP contribution in [0.25, 0.3) is 0 Å². The Balaban J connectivity index is 2.42. The summed E-state index contributed by atoms with van der Waals surface area (Å²) in [5.74, 6) is 0.825. The lowest BCUT2D eigenvalue weighted by Gasteiger charge is -2.08. The molecule has 0 atom stereocenters. The SMILES string of the molecule is CCCNC(=O)Nc1ccc(OCCC)cc1. The van der Waals surface area contributed by atoms with E-state index in [0.29, 0.717) is 13.2 Å². The second kappa shape index (κ2) is 7.54. The van der Waals surface area contributed by atoms with Crippen molar-refractivity contribution in [1.29, 1.82) is 0 Å². The summed E-state index contributed by atoms with van der Waals surface area (Å²) in [4.78, 5) is 11.4. The fourth-order valence-electron chi connectivity index (χ4n) is 1.27. The number of carbonyl (C=O) groups is 1. The Morgan fingerprint density at radius 2 is 1.88 bits per heavy atom. The van der Waals surface area contributed by atoms with Gasteiger partial charge in [0, 0.05) is 12.2 Å². The maximum Gasteiger partial charge on any atom is 0.319 e. The van der Waals surface area contributed by atoms with Crippen LogP contribution in [0.1, 0.15) is 26.7 Å². The van der Waals surface area contributed by atoms with Crippen LogP contribution in [0.15, 0.2) is 24.3 Å². The lowest BCUT2D eigenvalue weighted by Crippen LogP contribution is -2.29. The van der Waals surface area contributed by atoms with Crippen LogP contribution < -0.4 is 15.4 Å². The molecule has 2 amide bonds. The molecule has 1 rings (SSSR count). The molecule has 0 unspecified atom stereocenters. The molecule has 0 bridgehead atoms. The first-order valence-electron chi connectivity index (χ1n) is 6.04. The molecule has 0 radical (unpaired) electrons. The molecule has 0 heterocycles. The van der Waals surface area contributed by atoms with Gasteiger partial charge in [0.1, 0.15) is 5.75 Å². The van der Waals surface area contributed by atoms with Crippen molar-refractivity contribution in [3.8, 4) is 5.75 Å². The summed E-state index contributed by atoms with van der Waals surface area (Å²) < 4.78 is 5.45. The maximum absolute atomic E-state index is 11.4. The number of nitrogens with one attached hydrogen (secondary N) is 2. The van der Waals surface area contributed by atoms with Gasteiger partial charge in [0.15, 0.2) is 0 Å². The predicted octanol–water partition coefficient (Wildman–Crippen LogP) is 3.01. The van der Waals surface area contributed by atoms with E-state index >= 15 is 0 Å². The second-order valence-corrected chi connectivity index (χ2v) is 3.75. The molecule has 0 spiro atoms. The molecule has 1 aromatic carbocycles. The molecule has 0 aliphatic heterocycles. The first-order valence-corrected chi connectivity index (χ1v) is 6.04. The highest BCUT2D eigenvalue weighted by Gasteiger charge is 2.00. The van der Waals surface area contributed by atoms with Crippen LogP contribution in [0.4, 0.5) is 10.5 Å². The number of anilines is 1. The van der Waals surface area contributed by atoms with E-state index in [0.717, 1.165) is 24.3 Å². The van der Waals surface area contributed by atoms with Crippen LogP contribution >= 0.6 is 0 Å². The molecule has 4 heteroatoms. The molecule has 0 saturated heterocycles. The van der Waals surface area contributed by atoms with E-state index in [1.165, 1.54) is 0 Å². The van der Waals surface area contributed by atoms with Gasteiger partial charge in [0.05, 0.1) is 6.61 Å². The number of hydrogen-bond donors (Lipinski definition) is 2. The van der Waals surface area contributed by atoms with E-state index < -0.39 is 0 Å². The van der Waals surface area contributed by atoms with Gasteiger partial charge in [-0.1, -0.05) is 13.8 Å². The number of carbonyl (C=O) groups excluding carboxylic acids is 1. The minimum atomic E-state index is -0.172. The highest BCUT2D eigenvalue weighted by molar-refractivity contribution is 5.89. The van der Waals surface area contributed by atoms with Crippen LogP contribution in [0.3, 0.4) is 0 Å². The van der Waals surface area contributed by atoms with Crippen molar-refractivity contribution in [2.45, 2.75) is 26.7 Å². The predicted molar refractivity (Wildman–Crippen MR) is 69.5 cm³/mol. The maximum atomic E-state index is 11.4. The fraction of sp³-hybridized carbons (Fsp3) is 0.462. The number of hydrogen-bond acceptors (Lipinski definition) is 2. The zero-order valence-corrected chi connectivity index (χ0v) is 10.5. The topological polar surface area (TPSA) is 50.4 Å². The van der Waals surface area contributed by atoms with Crippen molar-refractivity contribution in [3.63, 3.8) is 0 Å². The monoisotopic (exact) mass is 236 g/mol. The van der Waals surface area contributed by atoms with Crippen molar-refractivity contribution in [3.05, 3.63) is 24.3 Å². The van der Waals surface area contributed by atoms with Gasteiger partial charge in [0.25, 0.3) is 0 Å².